The van der Waals surface area contributed by atoms with Gasteiger partial charge < -0.3 is 5.32 Å². The Hall–Kier alpha value is -3.46. The standard InChI is InChI=1S/C18H15N3O3/c19-13-16(11-15-7-4-8-17(12-15)21(23)24)18(22)20-10-9-14-5-2-1-3-6-14/h1-8,11-12H,9-10H2,(H,20,22)/b16-11-. The highest BCUT2D eigenvalue weighted by Gasteiger charge is 2.10. The molecule has 1 N–H and O–H groups in total. The Morgan fingerprint density at radius 1 is 1.21 bits per heavy atom. The normalized spacial score (nSPS) is 10.7. The number of nitrogens with one attached hydrogen (secondary N) is 1. The smallest absolute Gasteiger partial charge is 0.270 e. The minimum Gasteiger partial charge on any atom is -0.351 e. The van der Waals surface area contributed by atoms with Gasteiger partial charge in [0.05, 0.1) is 4.92 Å². The number of hydrogen-bond donors (Lipinski definition) is 1. The largest absolute Gasteiger partial charge is 0.351 e. The second kappa shape index (κ2) is 8.25. The van der Waals surface area contributed by atoms with Gasteiger partial charge in [-0.3, -0.25) is 14.9 Å². The first kappa shape index (κ1) is 16.9. The molecule has 0 saturated heterocycles. The number of carbonyl (C=O) groups excluding carboxylic acids is 1. The van der Waals surface area contributed by atoms with Gasteiger partial charge in [-0.25, -0.2) is 0 Å². The van der Waals surface area contributed by atoms with Crippen LogP contribution in [0.3, 0.4) is 0 Å². The lowest BCUT2D eigenvalue weighted by Gasteiger charge is -2.04. The Balaban J connectivity index is 2.02. The maximum Gasteiger partial charge on any atom is 0.270 e. The fourth-order valence-electron chi connectivity index (χ4n) is 2.10. The molecule has 6 heteroatoms. The van der Waals surface area contributed by atoms with Crippen LogP contribution in [0.15, 0.2) is 60.2 Å². The highest BCUT2D eigenvalue weighted by molar-refractivity contribution is 6.01. The summed E-state index contributed by atoms with van der Waals surface area (Å²) in [7, 11) is 0. The lowest BCUT2D eigenvalue weighted by molar-refractivity contribution is -0.384. The van der Waals surface area contributed by atoms with E-state index in [1.807, 2.05) is 36.4 Å². The fourth-order valence-corrected chi connectivity index (χ4v) is 2.10. The molecule has 0 fully saturated rings. The number of nitrogens with zero attached hydrogens (tertiary/aromatic N) is 2. The Morgan fingerprint density at radius 3 is 2.62 bits per heavy atom. The molecule has 0 radical (unpaired) electrons. The number of nitro groups is 1. The molecule has 0 aliphatic carbocycles. The van der Waals surface area contributed by atoms with Crippen molar-refractivity contribution in [3.05, 3.63) is 81.4 Å². The molecule has 120 valence electrons. The van der Waals surface area contributed by atoms with Crippen LogP contribution >= 0.6 is 0 Å². The van der Waals surface area contributed by atoms with Crippen LogP contribution in [0.2, 0.25) is 0 Å². The zero-order chi connectivity index (χ0) is 17.4. The van der Waals surface area contributed by atoms with E-state index in [9.17, 15) is 14.9 Å². The summed E-state index contributed by atoms with van der Waals surface area (Å²) in [5, 5.41) is 22.6. The van der Waals surface area contributed by atoms with Crippen molar-refractivity contribution in [2.24, 2.45) is 0 Å². The maximum atomic E-state index is 12.1. The quantitative estimate of drug-likeness (QED) is 0.383. The van der Waals surface area contributed by atoms with E-state index in [2.05, 4.69) is 5.32 Å². The predicted octanol–water partition coefficient (Wildman–Crippen LogP) is 2.86. The predicted molar refractivity (Wildman–Crippen MR) is 89.8 cm³/mol. The lowest BCUT2D eigenvalue weighted by atomic mass is 10.1. The molecular formula is C18H15N3O3. The molecule has 0 atom stereocenters. The van der Waals surface area contributed by atoms with Gasteiger partial charge in [-0.15, -0.1) is 0 Å². The van der Waals surface area contributed by atoms with E-state index in [1.165, 1.54) is 24.3 Å². The summed E-state index contributed by atoms with van der Waals surface area (Å²) >= 11 is 0. The third kappa shape index (κ3) is 4.78. The second-order valence-corrected chi connectivity index (χ2v) is 5.01. The highest BCUT2D eigenvalue weighted by atomic mass is 16.6. The number of benzene rings is 2. The SMILES string of the molecule is N#C/C(=C/c1cccc([N+](=O)[O-])c1)C(=O)NCCc1ccccc1. The molecule has 24 heavy (non-hydrogen) atoms. The molecule has 1 amide bonds. The van der Waals surface area contributed by atoms with Gasteiger partial charge in [0, 0.05) is 18.7 Å². The second-order valence-electron chi connectivity index (χ2n) is 5.01. The van der Waals surface area contributed by atoms with Crippen LogP contribution in [0.5, 0.6) is 0 Å². The Bertz CT molecular complexity index is 808. The Morgan fingerprint density at radius 2 is 1.96 bits per heavy atom. The summed E-state index contributed by atoms with van der Waals surface area (Å²) in [4.78, 5) is 22.3. The van der Waals surface area contributed by atoms with E-state index >= 15 is 0 Å². The molecule has 6 nitrogen and oxygen atoms in total. The van der Waals surface area contributed by atoms with Gasteiger partial charge in [0.1, 0.15) is 11.6 Å². The first-order valence-corrected chi connectivity index (χ1v) is 7.28. The van der Waals surface area contributed by atoms with E-state index in [0.29, 0.717) is 18.5 Å². The summed E-state index contributed by atoms with van der Waals surface area (Å²) in [6.07, 6.45) is 1.99. The Kier molecular flexibility index (Phi) is 5.81. The summed E-state index contributed by atoms with van der Waals surface area (Å²) in [6, 6.07) is 17.3. The van der Waals surface area contributed by atoms with Gasteiger partial charge in [0.15, 0.2) is 0 Å². The molecule has 0 aliphatic rings. The number of non-ortho nitro benzene ring substituents is 1. The number of nitro benzene ring substituents is 1. The van der Waals surface area contributed by atoms with E-state index in [-0.39, 0.29) is 11.3 Å². The summed E-state index contributed by atoms with van der Waals surface area (Å²) < 4.78 is 0. The van der Waals surface area contributed by atoms with Crippen LogP contribution < -0.4 is 5.32 Å². The van der Waals surface area contributed by atoms with Gasteiger partial charge in [0.25, 0.3) is 11.6 Å². The van der Waals surface area contributed by atoms with E-state index in [4.69, 9.17) is 5.26 Å². The molecule has 2 aromatic carbocycles. The summed E-state index contributed by atoms with van der Waals surface area (Å²) in [5.74, 6) is -0.500. The fraction of sp³-hybridized carbons (Fsp3) is 0.111. The maximum absolute atomic E-state index is 12.1. The first-order valence-electron chi connectivity index (χ1n) is 7.28. The van der Waals surface area contributed by atoms with Crippen LogP contribution in [-0.4, -0.2) is 17.4 Å². The third-order valence-electron chi connectivity index (χ3n) is 3.30. The van der Waals surface area contributed by atoms with Gasteiger partial charge >= 0.3 is 0 Å². The Labute approximate surface area is 139 Å². The number of hydrogen-bond acceptors (Lipinski definition) is 4. The molecule has 0 heterocycles. The average Bonchev–Trinajstić information content (AvgIpc) is 2.60. The summed E-state index contributed by atoms with van der Waals surface area (Å²) in [5.41, 5.74) is 1.33. The van der Waals surface area contributed by atoms with Crippen molar-refractivity contribution < 1.29 is 9.72 Å². The van der Waals surface area contributed by atoms with Crippen LogP contribution in [0.25, 0.3) is 6.08 Å². The van der Waals surface area contributed by atoms with Crippen molar-refractivity contribution in [1.29, 1.82) is 5.26 Å². The van der Waals surface area contributed by atoms with E-state index < -0.39 is 10.8 Å². The number of amides is 1. The molecular weight excluding hydrogens is 306 g/mol. The number of carbonyl (C=O) groups is 1. The average molecular weight is 321 g/mol. The first-order chi connectivity index (χ1) is 11.6. The zero-order valence-corrected chi connectivity index (χ0v) is 12.8. The number of nitriles is 1. The molecule has 0 aliphatic heterocycles. The van der Waals surface area contributed by atoms with Crippen LogP contribution in [0.1, 0.15) is 11.1 Å². The van der Waals surface area contributed by atoms with Gasteiger partial charge in [0.2, 0.25) is 0 Å². The van der Waals surface area contributed by atoms with Crippen molar-refractivity contribution in [1.82, 2.24) is 5.32 Å². The third-order valence-corrected chi connectivity index (χ3v) is 3.30. The molecule has 0 bridgehead atoms. The molecule has 2 rings (SSSR count). The minimum atomic E-state index is -0.524. The molecule has 0 unspecified atom stereocenters. The monoisotopic (exact) mass is 321 g/mol. The molecule has 2 aromatic rings. The number of rotatable bonds is 6. The minimum absolute atomic E-state index is 0.0921. The molecule has 0 spiro atoms. The zero-order valence-electron chi connectivity index (χ0n) is 12.8. The topological polar surface area (TPSA) is 96.0 Å². The van der Waals surface area contributed by atoms with Crippen molar-refractivity contribution >= 4 is 17.7 Å². The van der Waals surface area contributed by atoms with Crippen LogP contribution in [-0.2, 0) is 11.2 Å². The van der Waals surface area contributed by atoms with Crippen molar-refractivity contribution in [3.8, 4) is 6.07 Å². The van der Waals surface area contributed by atoms with Gasteiger partial charge in [-0.1, -0.05) is 42.5 Å². The van der Waals surface area contributed by atoms with Crippen molar-refractivity contribution in [3.63, 3.8) is 0 Å². The van der Waals surface area contributed by atoms with Gasteiger partial charge in [-0.05, 0) is 23.6 Å². The molecule has 0 aromatic heterocycles. The van der Waals surface area contributed by atoms with Crippen LogP contribution in [0, 0.1) is 21.4 Å². The highest BCUT2D eigenvalue weighted by Crippen LogP contribution is 2.15. The van der Waals surface area contributed by atoms with Gasteiger partial charge in [-0.2, -0.15) is 5.26 Å². The van der Waals surface area contributed by atoms with E-state index in [1.54, 1.807) is 6.07 Å². The lowest BCUT2D eigenvalue weighted by Crippen LogP contribution is -2.26. The van der Waals surface area contributed by atoms with E-state index in [0.717, 1.165) is 5.56 Å². The van der Waals surface area contributed by atoms with Crippen molar-refractivity contribution in [2.45, 2.75) is 6.42 Å². The summed E-state index contributed by atoms with van der Waals surface area (Å²) in [6.45, 7) is 0.400. The molecule has 0 saturated carbocycles. The van der Waals surface area contributed by atoms with Crippen LogP contribution in [0.4, 0.5) is 5.69 Å². The van der Waals surface area contributed by atoms with Crippen molar-refractivity contribution in [2.75, 3.05) is 6.54 Å².